The maximum absolute atomic E-state index is 9.58. The molecule has 1 N–H and O–H groups in total. The second-order valence-corrected chi connectivity index (χ2v) is 5.16. The number of nitrogens with zero attached hydrogens (tertiary/aromatic N) is 2. The van der Waals surface area contributed by atoms with Crippen LogP contribution in [0.4, 0.5) is 0 Å². The van der Waals surface area contributed by atoms with E-state index in [9.17, 15) is 5.11 Å². The van der Waals surface area contributed by atoms with Gasteiger partial charge >= 0.3 is 0 Å². The predicted molar refractivity (Wildman–Crippen MR) is 61.9 cm³/mol. The van der Waals surface area contributed by atoms with Gasteiger partial charge in [-0.2, -0.15) is 0 Å². The van der Waals surface area contributed by atoms with Crippen molar-refractivity contribution in [3.8, 4) is 0 Å². The molecule has 3 unspecified atom stereocenters. The van der Waals surface area contributed by atoms with Crippen LogP contribution in [0, 0.1) is 0 Å². The molecule has 0 aromatic rings. The Bertz CT molecular complexity index is 194. The zero-order valence-electron chi connectivity index (χ0n) is 10.0. The van der Waals surface area contributed by atoms with Crippen molar-refractivity contribution in [2.24, 2.45) is 0 Å². The average molecular weight is 212 g/mol. The fourth-order valence-electron chi connectivity index (χ4n) is 2.85. The summed E-state index contributed by atoms with van der Waals surface area (Å²) in [5.41, 5.74) is 0. The number of aliphatic hydroxyl groups excluding tert-OH is 1. The molecule has 3 heteroatoms. The predicted octanol–water partition coefficient (Wildman–Crippen LogP) is 0.926. The van der Waals surface area contributed by atoms with Crippen molar-refractivity contribution in [1.29, 1.82) is 0 Å². The standard InChI is InChI=1S/C12H24N2O/c1-10(11(2)15)14-8-5-12(9-14)13-6-3-4-7-13/h10-12,15H,3-9H2,1-2H3. The molecule has 0 spiro atoms. The quantitative estimate of drug-likeness (QED) is 0.754. The first-order valence-electron chi connectivity index (χ1n) is 6.34. The number of hydrogen-bond donors (Lipinski definition) is 1. The molecule has 2 saturated heterocycles. The van der Waals surface area contributed by atoms with Crippen LogP contribution in [0.3, 0.4) is 0 Å². The van der Waals surface area contributed by atoms with Gasteiger partial charge in [-0.3, -0.25) is 9.80 Å². The summed E-state index contributed by atoms with van der Waals surface area (Å²) in [5.74, 6) is 0. The Morgan fingerprint density at radius 3 is 2.40 bits per heavy atom. The lowest BCUT2D eigenvalue weighted by Crippen LogP contribution is -2.41. The third kappa shape index (κ3) is 2.52. The van der Waals surface area contributed by atoms with Crippen LogP contribution in [0.25, 0.3) is 0 Å². The maximum atomic E-state index is 9.58. The third-order valence-electron chi connectivity index (χ3n) is 4.13. The van der Waals surface area contributed by atoms with Gasteiger partial charge in [0.25, 0.3) is 0 Å². The SMILES string of the molecule is CC(O)C(C)N1CCC(N2CCCC2)C1. The summed E-state index contributed by atoms with van der Waals surface area (Å²) < 4.78 is 0. The van der Waals surface area contributed by atoms with Gasteiger partial charge < -0.3 is 5.11 Å². The second-order valence-electron chi connectivity index (χ2n) is 5.16. The summed E-state index contributed by atoms with van der Waals surface area (Å²) >= 11 is 0. The van der Waals surface area contributed by atoms with Crippen LogP contribution < -0.4 is 0 Å². The molecule has 2 fully saturated rings. The van der Waals surface area contributed by atoms with E-state index >= 15 is 0 Å². The van der Waals surface area contributed by atoms with Gasteiger partial charge in [0.05, 0.1) is 6.10 Å². The van der Waals surface area contributed by atoms with E-state index < -0.39 is 0 Å². The smallest absolute Gasteiger partial charge is 0.0664 e. The molecule has 15 heavy (non-hydrogen) atoms. The molecule has 0 aromatic carbocycles. The lowest BCUT2D eigenvalue weighted by Gasteiger charge is -2.28. The van der Waals surface area contributed by atoms with Gasteiger partial charge in [-0.25, -0.2) is 0 Å². The monoisotopic (exact) mass is 212 g/mol. The average Bonchev–Trinajstić information content (AvgIpc) is 2.86. The zero-order chi connectivity index (χ0) is 10.8. The molecule has 0 aromatic heterocycles. The van der Waals surface area contributed by atoms with Gasteiger partial charge in [0.1, 0.15) is 0 Å². The first-order chi connectivity index (χ1) is 7.18. The Balaban J connectivity index is 1.83. The van der Waals surface area contributed by atoms with Crippen molar-refractivity contribution in [2.45, 2.75) is 51.3 Å². The summed E-state index contributed by atoms with van der Waals surface area (Å²) in [6.45, 7) is 8.94. The van der Waals surface area contributed by atoms with Crippen LogP contribution in [0.5, 0.6) is 0 Å². The van der Waals surface area contributed by atoms with Crippen LogP contribution >= 0.6 is 0 Å². The van der Waals surface area contributed by atoms with E-state index in [0.717, 1.165) is 19.1 Å². The molecule has 88 valence electrons. The minimum atomic E-state index is -0.206. The molecule has 2 rings (SSSR count). The van der Waals surface area contributed by atoms with Crippen LogP contribution in [0.15, 0.2) is 0 Å². The Hall–Kier alpha value is -0.120. The summed E-state index contributed by atoms with van der Waals surface area (Å²) in [7, 11) is 0. The Morgan fingerprint density at radius 1 is 1.13 bits per heavy atom. The molecular formula is C12H24N2O. The highest BCUT2D eigenvalue weighted by Gasteiger charge is 2.32. The first-order valence-corrected chi connectivity index (χ1v) is 6.34. The topological polar surface area (TPSA) is 26.7 Å². The normalized spacial score (nSPS) is 33.4. The molecule has 3 atom stereocenters. The lowest BCUT2D eigenvalue weighted by molar-refractivity contribution is 0.0804. The molecular weight excluding hydrogens is 188 g/mol. The van der Waals surface area contributed by atoms with Crippen molar-refractivity contribution < 1.29 is 5.11 Å². The van der Waals surface area contributed by atoms with E-state index in [4.69, 9.17) is 0 Å². The van der Waals surface area contributed by atoms with E-state index in [1.165, 1.54) is 32.4 Å². The molecule has 2 aliphatic rings. The maximum Gasteiger partial charge on any atom is 0.0664 e. The fourth-order valence-corrected chi connectivity index (χ4v) is 2.85. The fraction of sp³-hybridized carbons (Fsp3) is 1.00. The Kier molecular flexibility index (Phi) is 3.65. The van der Waals surface area contributed by atoms with Crippen molar-refractivity contribution in [1.82, 2.24) is 9.80 Å². The summed E-state index contributed by atoms with van der Waals surface area (Å²) in [4.78, 5) is 5.07. The van der Waals surface area contributed by atoms with Gasteiger partial charge in [-0.05, 0) is 46.2 Å². The molecule has 2 heterocycles. The number of hydrogen-bond acceptors (Lipinski definition) is 3. The molecule has 0 aliphatic carbocycles. The summed E-state index contributed by atoms with van der Waals surface area (Å²) in [6.07, 6.45) is 3.84. The number of rotatable bonds is 3. The Labute approximate surface area is 93.1 Å². The molecule has 0 amide bonds. The van der Waals surface area contributed by atoms with Crippen molar-refractivity contribution >= 4 is 0 Å². The lowest BCUT2D eigenvalue weighted by atomic mass is 10.2. The van der Waals surface area contributed by atoms with Crippen molar-refractivity contribution in [3.05, 3.63) is 0 Å². The minimum absolute atomic E-state index is 0.206. The van der Waals surface area contributed by atoms with E-state index in [1.54, 1.807) is 0 Å². The van der Waals surface area contributed by atoms with E-state index in [0.29, 0.717) is 6.04 Å². The third-order valence-corrected chi connectivity index (χ3v) is 4.13. The highest BCUT2D eigenvalue weighted by Crippen LogP contribution is 2.22. The highest BCUT2D eigenvalue weighted by molar-refractivity contribution is 4.88. The van der Waals surface area contributed by atoms with Crippen LogP contribution in [-0.4, -0.2) is 59.3 Å². The molecule has 0 saturated carbocycles. The van der Waals surface area contributed by atoms with E-state index in [2.05, 4.69) is 16.7 Å². The zero-order valence-corrected chi connectivity index (χ0v) is 10.0. The summed E-state index contributed by atoms with van der Waals surface area (Å²) in [6, 6.07) is 1.08. The van der Waals surface area contributed by atoms with E-state index in [-0.39, 0.29) is 6.10 Å². The Morgan fingerprint density at radius 2 is 1.80 bits per heavy atom. The van der Waals surface area contributed by atoms with Crippen molar-refractivity contribution in [3.63, 3.8) is 0 Å². The van der Waals surface area contributed by atoms with E-state index in [1.807, 2.05) is 6.92 Å². The van der Waals surface area contributed by atoms with Gasteiger partial charge in [-0.15, -0.1) is 0 Å². The van der Waals surface area contributed by atoms with Gasteiger partial charge in [0.2, 0.25) is 0 Å². The summed E-state index contributed by atoms with van der Waals surface area (Å²) in [5, 5.41) is 9.58. The van der Waals surface area contributed by atoms with Crippen molar-refractivity contribution in [2.75, 3.05) is 26.2 Å². The van der Waals surface area contributed by atoms with Gasteiger partial charge in [0, 0.05) is 25.2 Å². The minimum Gasteiger partial charge on any atom is -0.392 e. The van der Waals surface area contributed by atoms with Gasteiger partial charge in [-0.1, -0.05) is 0 Å². The molecule has 0 bridgehead atoms. The molecule has 0 radical (unpaired) electrons. The van der Waals surface area contributed by atoms with Crippen LogP contribution in [0.2, 0.25) is 0 Å². The molecule has 2 aliphatic heterocycles. The first kappa shape index (κ1) is 11.4. The van der Waals surface area contributed by atoms with Crippen LogP contribution in [-0.2, 0) is 0 Å². The highest BCUT2D eigenvalue weighted by atomic mass is 16.3. The van der Waals surface area contributed by atoms with Crippen LogP contribution in [0.1, 0.15) is 33.1 Å². The van der Waals surface area contributed by atoms with Gasteiger partial charge in [0.15, 0.2) is 0 Å². The second kappa shape index (κ2) is 4.81. The number of likely N-dealkylation sites (tertiary alicyclic amines) is 2. The largest absolute Gasteiger partial charge is 0.392 e. The number of aliphatic hydroxyl groups is 1. The molecule has 3 nitrogen and oxygen atoms in total.